The molecule has 1 aromatic rings. The van der Waals surface area contributed by atoms with Crippen LogP contribution in [0.1, 0.15) is 74.1 Å². The van der Waals surface area contributed by atoms with E-state index in [2.05, 4.69) is 32.9 Å². The maximum atomic E-state index is 6.79. The molecule has 1 aromatic carbocycles. The molecule has 0 N–H and O–H groups in total. The molecule has 2 unspecified atom stereocenters. The highest BCUT2D eigenvalue weighted by molar-refractivity contribution is 6.21. The average Bonchev–Trinajstić information content (AvgIpc) is 3.04. The summed E-state index contributed by atoms with van der Waals surface area (Å²) in [5.41, 5.74) is 5.73. The summed E-state index contributed by atoms with van der Waals surface area (Å²) in [6.45, 7) is 7.63. The van der Waals surface area contributed by atoms with E-state index in [1.807, 2.05) is 0 Å². The van der Waals surface area contributed by atoms with Gasteiger partial charge in [-0.25, -0.2) is 0 Å². The van der Waals surface area contributed by atoms with Crippen LogP contribution in [0.15, 0.2) is 12.1 Å². The van der Waals surface area contributed by atoms with Crippen LogP contribution in [0.4, 0.5) is 0 Å². The molecule has 1 heterocycles. The number of ether oxygens (including phenoxy) is 1. The van der Waals surface area contributed by atoms with Gasteiger partial charge in [-0.2, -0.15) is 0 Å². The van der Waals surface area contributed by atoms with E-state index in [-0.39, 0.29) is 5.38 Å². The highest BCUT2D eigenvalue weighted by Crippen LogP contribution is 2.35. The van der Waals surface area contributed by atoms with Crippen LogP contribution in [-0.4, -0.2) is 12.7 Å². The summed E-state index contributed by atoms with van der Waals surface area (Å²) in [4.78, 5) is 0. The summed E-state index contributed by atoms with van der Waals surface area (Å²) in [6.07, 6.45) is 8.22. The molecule has 0 aromatic heterocycles. The summed E-state index contributed by atoms with van der Waals surface area (Å²) >= 11 is 6.79. The van der Waals surface area contributed by atoms with E-state index in [1.54, 1.807) is 0 Å². The largest absolute Gasteiger partial charge is 0.378 e. The van der Waals surface area contributed by atoms with E-state index >= 15 is 0 Å². The van der Waals surface area contributed by atoms with Gasteiger partial charge in [0.2, 0.25) is 0 Å². The van der Waals surface area contributed by atoms with Crippen molar-refractivity contribution in [3.05, 3.63) is 34.4 Å². The van der Waals surface area contributed by atoms with Crippen LogP contribution in [0.25, 0.3) is 0 Å². The molecule has 0 radical (unpaired) electrons. The van der Waals surface area contributed by atoms with Crippen molar-refractivity contribution in [2.45, 2.75) is 77.2 Å². The van der Waals surface area contributed by atoms with Crippen LogP contribution < -0.4 is 0 Å². The molecule has 118 valence electrons. The third-order valence-electron chi connectivity index (χ3n) is 4.66. The Morgan fingerprint density at radius 2 is 1.81 bits per heavy atom. The monoisotopic (exact) mass is 308 g/mol. The molecule has 1 aliphatic heterocycles. The van der Waals surface area contributed by atoms with Gasteiger partial charge in [0, 0.05) is 6.61 Å². The summed E-state index contributed by atoms with van der Waals surface area (Å²) < 4.78 is 5.73. The molecule has 0 spiro atoms. The van der Waals surface area contributed by atoms with Gasteiger partial charge in [-0.15, -0.1) is 11.6 Å². The molecular formula is C19H29ClO. The van der Waals surface area contributed by atoms with Gasteiger partial charge in [-0.1, -0.05) is 32.9 Å². The van der Waals surface area contributed by atoms with Gasteiger partial charge in [0.25, 0.3) is 0 Å². The SMILES string of the molecule is CCc1cc(CC)c(C(Cl)CCC2CCCO2)c(CC)c1. The van der Waals surface area contributed by atoms with E-state index in [0.717, 1.165) is 38.7 Å². The van der Waals surface area contributed by atoms with Gasteiger partial charge in [0.1, 0.15) is 0 Å². The second-order valence-electron chi connectivity index (χ2n) is 6.07. The molecule has 1 nitrogen and oxygen atoms in total. The van der Waals surface area contributed by atoms with E-state index in [0.29, 0.717) is 6.10 Å². The van der Waals surface area contributed by atoms with Gasteiger partial charge in [0.05, 0.1) is 11.5 Å². The first-order valence-corrected chi connectivity index (χ1v) is 9.03. The van der Waals surface area contributed by atoms with E-state index in [4.69, 9.17) is 16.3 Å². The van der Waals surface area contributed by atoms with Crippen LogP contribution in [0.3, 0.4) is 0 Å². The minimum atomic E-state index is 0.130. The lowest BCUT2D eigenvalue weighted by atomic mass is 9.90. The maximum absolute atomic E-state index is 6.79. The Hall–Kier alpha value is -0.530. The van der Waals surface area contributed by atoms with Crippen LogP contribution in [0, 0.1) is 0 Å². The maximum Gasteiger partial charge on any atom is 0.0591 e. The Bertz CT molecular complexity index is 424. The highest BCUT2D eigenvalue weighted by Gasteiger charge is 2.21. The van der Waals surface area contributed by atoms with Crippen LogP contribution >= 0.6 is 11.6 Å². The average molecular weight is 309 g/mol. The summed E-state index contributed by atoms with van der Waals surface area (Å²) in [5.74, 6) is 0. The quantitative estimate of drug-likeness (QED) is 0.595. The lowest BCUT2D eigenvalue weighted by molar-refractivity contribution is 0.102. The Balaban J connectivity index is 2.15. The fraction of sp³-hybridized carbons (Fsp3) is 0.684. The molecule has 21 heavy (non-hydrogen) atoms. The zero-order valence-electron chi connectivity index (χ0n) is 13.8. The lowest BCUT2D eigenvalue weighted by Crippen LogP contribution is -2.09. The first-order chi connectivity index (χ1) is 10.2. The van der Waals surface area contributed by atoms with Crippen molar-refractivity contribution in [1.82, 2.24) is 0 Å². The van der Waals surface area contributed by atoms with Gasteiger partial charge >= 0.3 is 0 Å². The molecule has 2 heteroatoms. The number of hydrogen-bond donors (Lipinski definition) is 0. The predicted octanol–water partition coefficient (Wildman–Crippen LogP) is 5.61. The molecule has 1 fully saturated rings. The number of halogens is 1. The first-order valence-electron chi connectivity index (χ1n) is 8.59. The summed E-state index contributed by atoms with van der Waals surface area (Å²) in [5, 5.41) is 0.130. The number of benzene rings is 1. The van der Waals surface area contributed by atoms with Gasteiger partial charge in [-0.3, -0.25) is 0 Å². The summed E-state index contributed by atoms with van der Waals surface area (Å²) in [7, 11) is 0. The van der Waals surface area contributed by atoms with Crippen molar-refractivity contribution in [1.29, 1.82) is 0 Å². The molecule has 0 aliphatic carbocycles. The zero-order chi connectivity index (χ0) is 15.2. The highest BCUT2D eigenvalue weighted by atomic mass is 35.5. The van der Waals surface area contributed by atoms with E-state index in [1.165, 1.54) is 35.1 Å². The number of alkyl halides is 1. The molecular weight excluding hydrogens is 280 g/mol. The van der Waals surface area contributed by atoms with Crippen molar-refractivity contribution in [2.24, 2.45) is 0 Å². The third kappa shape index (κ3) is 4.23. The Kier molecular flexibility index (Phi) is 6.57. The summed E-state index contributed by atoms with van der Waals surface area (Å²) in [6, 6.07) is 4.71. The minimum Gasteiger partial charge on any atom is -0.378 e. The van der Waals surface area contributed by atoms with Crippen molar-refractivity contribution in [3.8, 4) is 0 Å². The van der Waals surface area contributed by atoms with Crippen molar-refractivity contribution >= 4 is 11.6 Å². The van der Waals surface area contributed by atoms with E-state index in [9.17, 15) is 0 Å². The number of hydrogen-bond acceptors (Lipinski definition) is 1. The smallest absolute Gasteiger partial charge is 0.0591 e. The van der Waals surface area contributed by atoms with Crippen molar-refractivity contribution in [3.63, 3.8) is 0 Å². The van der Waals surface area contributed by atoms with Crippen LogP contribution in [0.2, 0.25) is 0 Å². The fourth-order valence-electron chi connectivity index (χ4n) is 3.39. The molecule has 1 aliphatic rings. The molecule has 2 rings (SSSR count). The standard InChI is InChI=1S/C19H29ClO/c1-4-14-12-15(5-2)19(16(6-3)13-14)18(20)10-9-17-8-7-11-21-17/h12-13,17-18H,4-11H2,1-3H3. The zero-order valence-corrected chi connectivity index (χ0v) is 14.5. The Morgan fingerprint density at radius 1 is 1.14 bits per heavy atom. The van der Waals surface area contributed by atoms with Crippen molar-refractivity contribution < 1.29 is 4.74 Å². The number of aryl methyl sites for hydroxylation is 3. The predicted molar refractivity (Wildman–Crippen MR) is 91.4 cm³/mol. The first kappa shape index (κ1) is 16.8. The van der Waals surface area contributed by atoms with Gasteiger partial charge in [0.15, 0.2) is 0 Å². The van der Waals surface area contributed by atoms with Gasteiger partial charge < -0.3 is 4.74 Å². The second kappa shape index (κ2) is 8.19. The Labute approximate surface area is 135 Å². The molecule has 1 saturated heterocycles. The third-order valence-corrected chi connectivity index (χ3v) is 5.10. The Morgan fingerprint density at radius 3 is 2.29 bits per heavy atom. The fourth-order valence-corrected chi connectivity index (χ4v) is 3.80. The molecule has 0 amide bonds. The minimum absolute atomic E-state index is 0.130. The van der Waals surface area contributed by atoms with Crippen LogP contribution in [0.5, 0.6) is 0 Å². The second-order valence-corrected chi connectivity index (χ2v) is 6.60. The van der Waals surface area contributed by atoms with Gasteiger partial charge in [-0.05, 0) is 67.2 Å². The lowest BCUT2D eigenvalue weighted by Gasteiger charge is -2.21. The van der Waals surface area contributed by atoms with Crippen LogP contribution in [-0.2, 0) is 24.0 Å². The molecule has 2 atom stereocenters. The molecule has 0 saturated carbocycles. The van der Waals surface area contributed by atoms with Crippen molar-refractivity contribution in [2.75, 3.05) is 6.61 Å². The topological polar surface area (TPSA) is 9.23 Å². The molecule has 0 bridgehead atoms. The van der Waals surface area contributed by atoms with E-state index < -0.39 is 0 Å². The number of rotatable bonds is 7. The normalized spacial score (nSPS) is 19.9.